The number of imidazole rings is 1. The van der Waals surface area contributed by atoms with Crippen molar-refractivity contribution >= 4 is 40.1 Å². The van der Waals surface area contributed by atoms with Crippen molar-refractivity contribution < 1.29 is 4.79 Å². The van der Waals surface area contributed by atoms with E-state index >= 15 is 0 Å². The summed E-state index contributed by atoms with van der Waals surface area (Å²) in [5, 5.41) is 2.97. The van der Waals surface area contributed by atoms with Gasteiger partial charge in [0.2, 0.25) is 0 Å². The normalized spacial score (nSPS) is 12.6. The highest BCUT2D eigenvalue weighted by atomic mass is 32.2. The van der Waals surface area contributed by atoms with E-state index in [2.05, 4.69) is 90.0 Å². The van der Waals surface area contributed by atoms with Crippen molar-refractivity contribution in [1.82, 2.24) is 25.1 Å². The third kappa shape index (κ3) is 7.53. The first-order valence-electron chi connectivity index (χ1n) is 15.4. The number of aliphatic imine (C=N–C) groups is 1. The van der Waals surface area contributed by atoms with Crippen LogP contribution in [0.25, 0.3) is 33.5 Å². The molecule has 230 valence electrons. The maximum atomic E-state index is 12.5. The van der Waals surface area contributed by atoms with Crippen LogP contribution in [0.2, 0.25) is 0 Å². The third-order valence-electron chi connectivity index (χ3n) is 7.98. The van der Waals surface area contributed by atoms with Gasteiger partial charge in [-0.2, -0.15) is 0 Å². The first-order valence-corrected chi connectivity index (χ1v) is 16.4. The Labute approximate surface area is 269 Å². The third-order valence-corrected chi connectivity index (χ3v) is 9.08. The summed E-state index contributed by atoms with van der Waals surface area (Å²) in [7, 11) is 8.22. The Bertz CT molecular complexity index is 1820. The van der Waals surface area contributed by atoms with Crippen molar-refractivity contribution in [3.05, 3.63) is 102 Å². The number of benzene rings is 4. The lowest BCUT2D eigenvalue weighted by atomic mass is 9.99. The smallest absolute Gasteiger partial charge is 0.251 e. The lowest BCUT2D eigenvalue weighted by Crippen LogP contribution is -2.31. The molecule has 45 heavy (non-hydrogen) atoms. The number of nitrogens with zero attached hydrogens (tertiary/aromatic N) is 4. The minimum absolute atomic E-state index is 0.0512. The van der Waals surface area contributed by atoms with E-state index in [1.165, 1.54) is 16.9 Å². The Morgan fingerprint density at radius 1 is 0.822 bits per heavy atom. The predicted molar refractivity (Wildman–Crippen MR) is 188 cm³/mol. The fourth-order valence-corrected chi connectivity index (χ4v) is 6.28. The molecule has 0 saturated carbocycles. The average molecular weight is 617 g/mol. The number of carbonyl (C=O) groups excluding carboxylic acids is 1. The number of likely N-dealkylation sites (N-methyl/N-ethyl adjacent to an activating group) is 1. The molecule has 7 nitrogen and oxygen atoms in total. The van der Waals surface area contributed by atoms with Crippen LogP contribution in [0.15, 0.2) is 94.8 Å². The zero-order valence-electron chi connectivity index (χ0n) is 26.4. The second-order valence-corrected chi connectivity index (χ2v) is 13.2. The Balaban J connectivity index is 1.13. The number of carbonyl (C=O) groups is 1. The molecule has 0 spiro atoms. The molecular weight excluding hydrogens is 577 g/mol. The van der Waals surface area contributed by atoms with E-state index in [0.717, 1.165) is 75.8 Å². The van der Waals surface area contributed by atoms with Gasteiger partial charge in [-0.1, -0.05) is 42.5 Å². The second-order valence-electron chi connectivity index (χ2n) is 12.1. The van der Waals surface area contributed by atoms with Crippen LogP contribution in [0.5, 0.6) is 0 Å². The molecule has 4 aromatic carbocycles. The van der Waals surface area contributed by atoms with E-state index < -0.39 is 0 Å². The number of nitrogens with one attached hydrogen (secondary N) is 2. The van der Waals surface area contributed by atoms with Gasteiger partial charge in [0.1, 0.15) is 5.82 Å². The number of fused-ring (bicyclic) bond motifs is 2. The number of hydrogen-bond acceptors (Lipinski definition) is 6. The van der Waals surface area contributed by atoms with Gasteiger partial charge in [-0.3, -0.25) is 9.79 Å². The monoisotopic (exact) mass is 616 g/mol. The summed E-state index contributed by atoms with van der Waals surface area (Å²) in [5.41, 5.74) is 10.2. The molecule has 1 amide bonds. The van der Waals surface area contributed by atoms with E-state index in [0.29, 0.717) is 12.1 Å². The van der Waals surface area contributed by atoms with Crippen molar-refractivity contribution in [2.45, 2.75) is 17.7 Å². The molecule has 2 N–H and O–H groups in total. The zero-order chi connectivity index (χ0) is 31.3. The summed E-state index contributed by atoms with van der Waals surface area (Å²) in [5.74, 6) is 1.95. The Kier molecular flexibility index (Phi) is 9.45. The lowest BCUT2D eigenvalue weighted by Gasteiger charge is -2.10. The van der Waals surface area contributed by atoms with Crippen LogP contribution in [-0.2, 0) is 6.42 Å². The van der Waals surface area contributed by atoms with Gasteiger partial charge in [0, 0.05) is 35.5 Å². The number of H-pyrrole nitrogens is 1. The molecule has 0 unspecified atom stereocenters. The maximum absolute atomic E-state index is 12.5. The maximum Gasteiger partial charge on any atom is 0.251 e. The van der Waals surface area contributed by atoms with Gasteiger partial charge in [-0.05, 0) is 112 Å². The van der Waals surface area contributed by atoms with E-state index in [1.54, 1.807) is 0 Å². The largest absolute Gasteiger partial charge is 0.351 e. The number of rotatable bonds is 12. The van der Waals surface area contributed by atoms with E-state index in [4.69, 9.17) is 9.98 Å². The fourth-order valence-electron chi connectivity index (χ4n) is 5.44. The van der Waals surface area contributed by atoms with Gasteiger partial charge in [-0.15, -0.1) is 11.8 Å². The van der Waals surface area contributed by atoms with Gasteiger partial charge in [-0.25, -0.2) is 4.98 Å². The van der Waals surface area contributed by atoms with Gasteiger partial charge in [0.05, 0.1) is 22.4 Å². The van der Waals surface area contributed by atoms with Gasteiger partial charge in [0.25, 0.3) is 5.91 Å². The predicted octanol–water partition coefficient (Wildman–Crippen LogP) is 6.91. The molecule has 0 radical (unpaired) electrons. The van der Waals surface area contributed by atoms with Crippen molar-refractivity contribution in [2.75, 3.05) is 53.6 Å². The molecular formula is C37H40N6OS. The van der Waals surface area contributed by atoms with Crippen molar-refractivity contribution in [3.63, 3.8) is 0 Å². The summed E-state index contributed by atoms with van der Waals surface area (Å²) in [6.45, 7) is 2.54. The van der Waals surface area contributed by atoms with Crippen LogP contribution in [0.4, 0.5) is 5.69 Å². The molecule has 5 aromatic rings. The second kappa shape index (κ2) is 13.8. The van der Waals surface area contributed by atoms with Crippen LogP contribution < -0.4 is 5.32 Å². The molecule has 8 heteroatoms. The number of thioether (sulfide) groups is 1. The van der Waals surface area contributed by atoms with Crippen LogP contribution in [0.3, 0.4) is 0 Å². The molecule has 1 aromatic heterocycles. The highest BCUT2D eigenvalue weighted by Gasteiger charge is 2.18. The molecule has 0 atom stereocenters. The number of hydrogen-bond donors (Lipinski definition) is 2. The van der Waals surface area contributed by atoms with Crippen LogP contribution in [0, 0.1) is 0 Å². The molecule has 0 bridgehead atoms. The standard InChI is InChI=1S/C37H40N6OS/c1-42(2)19-5-21-45-31-15-12-26(13-16-31)36-40-32-17-14-29(23-35(32)41-36)28-10-11-30-24-33(39-34(30)22-28)25-6-8-27(9-7-25)37(44)38-18-20-43(3)4/h6-17,22-23H,5,18-21,24H2,1-4H3,(H,38,44)(H,40,41). The minimum Gasteiger partial charge on any atom is -0.351 e. The molecule has 6 rings (SSSR count). The van der Waals surface area contributed by atoms with Crippen molar-refractivity contribution in [1.29, 1.82) is 0 Å². The summed E-state index contributed by atoms with van der Waals surface area (Å²) in [6.07, 6.45) is 1.95. The first-order chi connectivity index (χ1) is 21.8. The van der Waals surface area contributed by atoms with Crippen molar-refractivity contribution in [3.8, 4) is 22.5 Å². The van der Waals surface area contributed by atoms with Gasteiger partial charge < -0.3 is 20.1 Å². The zero-order valence-corrected chi connectivity index (χ0v) is 27.2. The molecule has 0 saturated heterocycles. The molecule has 1 aliphatic rings. The minimum atomic E-state index is -0.0512. The van der Waals surface area contributed by atoms with E-state index in [-0.39, 0.29) is 5.91 Å². The SMILES string of the molecule is CN(C)CCCSc1ccc(-c2nc3ccc(-c4ccc5c(c4)N=C(c4ccc(C(=O)NCCN(C)C)cc4)C5)cc3[nH]2)cc1. The molecule has 2 heterocycles. The topological polar surface area (TPSA) is 76.6 Å². The van der Waals surface area contributed by atoms with Gasteiger partial charge in [0.15, 0.2) is 0 Å². The number of aromatic amines is 1. The Morgan fingerprint density at radius 3 is 2.27 bits per heavy atom. The van der Waals surface area contributed by atoms with E-state index in [1.807, 2.05) is 55.0 Å². The van der Waals surface area contributed by atoms with Crippen LogP contribution in [0.1, 0.15) is 27.9 Å². The highest BCUT2D eigenvalue weighted by molar-refractivity contribution is 7.99. The summed E-state index contributed by atoms with van der Waals surface area (Å²) in [4.78, 5) is 31.4. The first kappa shape index (κ1) is 30.8. The molecule has 1 aliphatic heterocycles. The van der Waals surface area contributed by atoms with Crippen LogP contribution in [-0.4, -0.2) is 85.0 Å². The van der Waals surface area contributed by atoms with Gasteiger partial charge >= 0.3 is 0 Å². The summed E-state index contributed by atoms with van der Waals surface area (Å²) >= 11 is 1.90. The average Bonchev–Trinajstić information content (AvgIpc) is 3.67. The van der Waals surface area contributed by atoms with E-state index in [9.17, 15) is 4.79 Å². The summed E-state index contributed by atoms with van der Waals surface area (Å²) in [6, 6.07) is 29.3. The van der Waals surface area contributed by atoms with Crippen LogP contribution >= 0.6 is 11.8 Å². The van der Waals surface area contributed by atoms with Crippen molar-refractivity contribution in [2.24, 2.45) is 4.99 Å². The number of aromatic nitrogens is 2. The highest BCUT2D eigenvalue weighted by Crippen LogP contribution is 2.35. The lowest BCUT2D eigenvalue weighted by molar-refractivity contribution is 0.0951. The fraction of sp³-hybridized carbons (Fsp3) is 0.270. The summed E-state index contributed by atoms with van der Waals surface area (Å²) < 4.78 is 0. The number of amides is 1. The molecule has 0 aliphatic carbocycles. The molecule has 0 fully saturated rings. The Morgan fingerprint density at radius 2 is 1.51 bits per heavy atom. The quantitative estimate of drug-likeness (QED) is 0.118. The Hall–Kier alpha value is -4.24.